The van der Waals surface area contributed by atoms with Gasteiger partial charge in [-0.1, -0.05) is 27.2 Å². The molecule has 0 aromatic heterocycles. The molecule has 4 atom stereocenters. The fraction of sp³-hybridized carbons (Fsp3) is 0.941. The number of Topliss-reactive ketones (excluding diaryl/α,β-unsaturated/α-hetero) is 1. The molecule has 2 fully saturated rings. The maximum Gasteiger partial charge on any atom is 0.130 e. The van der Waals surface area contributed by atoms with E-state index in [2.05, 4.69) is 20.8 Å². The second kappa shape index (κ2) is 4.58. The third-order valence-electron chi connectivity index (χ3n) is 6.25. The van der Waals surface area contributed by atoms with Crippen molar-refractivity contribution in [2.45, 2.75) is 78.7 Å². The van der Waals surface area contributed by atoms with Gasteiger partial charge in [-0.05, 0) is 62.2 Å². The molecule has 0 amide bonds. The standard InChI is InChI=1S/C17H30O2/c1-12(18)11-14-16(4)9-6-8-15(2,3)13(16)7-10-17(14,5)19/h13-14,19H,6-11H2,1-5H3/t13?,14?,16-,17+/m0/s1. The Bertz CT molecular complexity index is 369. The quantitative estimate of drug-likeness (QED) is 0.821. The first-order valence-corrected chi connectivity index (χ1v) is 7.81. The molecule has 0 spiro atoms. The molecule has 2 aliphatic rings. The Morgan fingerprint density at radius 3 is 2.37 bits per heavy atom. The van der Waals surface area contributed by atoms with Crippen molar-refractivity contribution in [1.82, 2.24) is 0 Å². The summed E-state index contributed by atoms with van der Waals surface area (Å²) in [5, 5.41) is 10.8. The highest BCUT2D eigenvalue weighted by molar-refractivity contribution is 5.76. The van der Waals surface area contributed by atoms with E-state index in [0.29, 0.717) is 17.8 Å². The minimum absolute atomic E-state index is 0.120. The Kier molecular flexibility index (Phi) is 3.62. The van der Waals surface area contributed by atoms with E-state index in [1.165, 1.54) is 12.8 Å². The van der Waals surface area contributed by atoms with E-state index in [-0.39, 0.29) is 17.1 Å². The molecule has 2 rings (SSSR count). The fourth-order valence-corrected chi connectivity index (χ4v) is 5.37. The van der Waals surface area contributed by atoms with Crippen LogP contribution in [-0.4, -0.2) is 16.5 Å². The van der Waals surface area contributed by atoms with Crippen LogP contribution in [0.4, 0.5) is 0 Å². The molecular formula is C17H30O2. The van der Waals surface area contributed by atoms with E-state index >= 15 is 0 Å². The van der Waals surface area contributed by atoms with Crippen molar-refractivity contribution in [2.24, 2.45) is 22.7 Å². The van der Waals surface area contributed by atoms with Crippen molar-refractivity contribution < 1.29 is 9.90 Å². The largest absolute Gasteiger partial charge is 0.390 e. The SMILES string of the molecule is CC(=O)CC1[C@@]2(C)CCCC(C)(C)C2CC[C@@]1(C)O. The molecule has 0 saturated heterocycles. The molecule has 0 aliphatic heterocycles. The Labute approximate surface area is 118 Å². The Balaban J connectivity index is 2.38. The van der Waals surface area contributed by atoms with Crippen LogP contribution in [0.15, 0.2) is 0 Å². The molecule has 2 unspecified atom stereocenters. The lowest BCUT2D eigenvalue weighted by atomic mass is 9.45. The van der Waals surface area contributed by atoms with Gasteiger partial charge in [-0.3, -0.25) is 0 Å². The smallest absolute Gasteiger partial charge is 0.130 e. The van der Waals surface area contributed by atoms with Crippen LogP contribution in [0.1, 0.15) is 73.1 Å². The number of hydrogen-bond acceptors (Lipinski definition) is 2. The summed E-state index contributed by atoms with van der Waals surface area (Å²) in [6.45, 7) is 10.7. The van der Waals surface area contributed by atoms with E-state index in [9.17, 15) is 9.90 Å². The van der Waals surface area contributed by atoms with E-state index in [1.807, 2.05) is 6.92 Å². The van der Waals surface area contributed by atoms with Crippen LogP contribution in [-0.2, 0) is 4.79 Å². The van der Waals surface area contributed by atoms with E-state index < -0.39 is 5.60 Å². The lowest BCUT2D eigenvalue weighted by molar-refractivity contribution is -0.172. The average Bonchev–Trinajstić information content (AvgIpc) is 2.22. The van der Waals surface area contributed by atoms with Crippen molar-refractivity contribution in [3.63, 3.8) is 0 Å². The molecule has 0 radical (unpaired) electrons. The second-order valence-corrected chi connectivity index (χ2v) is 8.26. The monoisotopic (exact) mass is 266 g/mol. The number of carbonyl (C=O) groups is 1. The highest BCUT2D eigenvalue weighted by Crippen LogP contribution is 2.62. The third kappa shape index (κ3) is 2.49. The minimum atomic E-state index is -0.676. The topological polar surface area (TPSA) is 37.3 Å². The van der Waals surface area contributed by atoms with Crippen molar-refractivity contribution in [3.05, 3.63) is 0 Å². The number of aliphatic hydroxyl groups is 1. The summed E-state index contributed by atoms with van der Waals surface area (Å²) in [5.41, 5.74) is -0.210. The van der Waals surface area contributed by atoms with E-state index in [4.69, 9.17) is 0 Å². The van der Waals surface area contributed by atoms with E-state index in [1.54, 1.807) is 6.92 Å². The molecule has 0 aromatic rings. The van der Waals surface area contributed by atoms with Gasteiger partial charge in [0.25, 0.3) is 0 Å². The van der Waals surface area contributed by atoms with Gasteiger partial charge in [-0.15, -0.1) is 0 Å². The van der Waals surface area contributed by atoms with Crippen LogP contribution in [0.2, 0.25) is 0 Å². The molecule has 0 aromatic carbocycles. The zero-order valence-electron chi connectivity index (χ0n) is 13.3. The zero-order chi connectivity index (χ0) is 14.5. The Morgan fingerprint density at radius 2 is 1.79 bits per heavy atom. The van der Waals surface area contributed by atoms with Crippen LogP contribution < -0.4 is 0 Å². The molecule has 0 heterocycles. The number of rotatable bonds is 2. The first kappa shape index (κ1) is 15.0. The fourth-order valence-electron chi connectivity index (χ4n) is 5.37. The third-order valence-corrected chi connectivity index (χ3v) is 6.25. The summed E-state index contributed by atoms with van der Waals surface area (Å²) in [6, 6.07) is 0. The molecule has 19 heavy (non-hydrogen) atoms. The normalized spacial score (nSPS) is 45.6. The van der Waals surface area contributed by atoms with Gasteiger partial charge in [-0.2, -0.15) is 0 Å². The average molecular weight is 266 g/mol. The van der Waals surface area contributed by atoms with Gasteiger partial charge in [0.2, 0.25) is 0 Å². The highest BCUT2D eigenvalue weighted by Gasteiger charge is 2.57. The number of fused-ring (bicyclic) bond motifs is 1. The van der Waals surface area contributed by atoms with Gasteiger partial charge in [0.05, 0.1) is 5.60 Å². The minimum Gasteiger partial charge on any atom is -0.390 e. The molecule has 2 nitrogen and oxygen atoms in total. The molecule has 2 heteroatoms. The van der Waals surface area contributed by atoms with E-state index in [0.717, 1.165) is 19.3 Å². The maximum absolute atomic E-state index is 11.7. The summed E-state index contributed by atoms with van der Waals surface area (Å²) in [7, 11) is 0. The predicted octanol–water partition coefficient (Wildman–Crippen LogP) is 3.96. The lowest BCUT2D eigenvalue weighted by Crippen LogP contribution is -2.57. The molecular weight excluding hydrogens is 236 g/mol. The Hall–Kier alpha value is -0.370. The summed E-state index contributed by atoms with van der Waals surface area (Å²) < 4.78 is 0. The number of ketones is 1. The van der Waals surface area contributed by atoms with Crippen LogP contribution in [0, 0.1) is 22.7 Å². The van der Waals surface area contributed by atoms with Crippen molar-refractivity contribution >= 4 is 5.78 Å². The summed E-state index contributed by atoms with van der Waals surface area (Å²) in [6.07, 6.45) is 6.15. The summed E-state index contributed by atoms with van der Waals surface area (Å²) in [5.74, 6) is 0.977. The van der Waals surface area contributed by atoms with Gasteiger partial charge in [-0.25, -0.2) is 0 Å². The molecule has 2 aliphatic carbocycles. The van der Waals surface area contributed by atoms with Gasteiger partial charge in [0.15, 0.2) is 0 Å². The van der Waals surface area contributed by atoms with Crippen molar-refractivity contribution in [2.75, 3.05) is 0 Å². The van der Waals surface area contributed by atoms with Gasteiger partial charge in [0.1, 0.15) is 5.78 Å². The van der Waals surface area contributed by atoms with Crippen LogP contribution in [0.5, 0.6) is 0 Å². The zero-order valence-corrected chi connectivity index (χ0v) is 13.3. The first-order chi connectivity index (χ1) is 8.59. The van der Waals surface area contributed by atoms with Crippen LogP contribution in [0.25, 0.3) is 0 Å². The lowest BCUT2D eigenvalue weighted by Gasteiger charge is -2.61. The molecule has 110 valence electrons. The highest BCUT2D eigenvalue weighted by atomic mass is 16.3. The molecule has 0 bridgehead atoms. The van der Waals surface area contributed by atoms with Crippen LogP contribution in [0.3, 0.4) is 0 Å². The summed E-state index contributed by atoms with van der Waals surface area (Å²) >= 11 is 0. The molecule has 2 saturated carbocycles. The molecule has 1 N–H and O–H groups in total. The van der Waals surface area contributed by atoms with Gasteiger partial charge in [0, 0.05) is 6.42 Å². The first-order valence-electron chi connectivity index (χ1n) is 7.81. The van der Waals surface area contributed by atoms with Crippen molar-refractivity contribution in [1.29, 1.82) is 0 Å². The Morgan fingerprint density at radius 1 is 1.16 bits per heavy atom. The maximum atomic E-state index is 11.7. The second-order valence-electron chi connectivity index (χ2n) is 8.26. The van der Waals surface area contributed by atoms with Crippen LogP contribution >= 0.6 is 0 Å². The van der Waals surface area contributed by atoms with Crippen molar-refractivity contribution in [3.8, 4) is 0 Å². The number of hydrogen-bond donors (Lipinski definition) is 1. The summed E-state index contributed by atoms with van der Waals surface area (Å²) in [4.78, 5) is 11.7. The van der Waals surface area contributed by atoms with Gasteiger partial charge >= 0.3 is 0 Å². The van der Waals surface area contributed by atoms with Gasteiger partial charge < -0.3 is 9.90 Å². The predicted molar refractivity (Wildman–Crippen MR) is 77.9 cm³/mol. The number of carbonyl (C=O) groups excluding carboxylic acids is 1.